The average molecular weight is 341 g/mol. The molecule has 4 aromatic rings. The molecule has 3 heteroatoms. The second kappa shape index (κ2) is 7.22. The summed E-state index contributed by atoms with van der Waals surface area (Å²) in [4.78, 5) is 9.18. The summed E-state index contributed by atoms with van der Waals surface area (Å²) < 4.78 is 0. The molecule has 2 heterocycles. The molecule has 0 aliphatic rings. The summed E-state index contributed by atoms with van der Waals surface area (Å²) in [6.07, 6.45) is 5.87. The molecule has 0 fully saturated rings. The van der Waals surface area contributed by atoms with Crippen molar-refractivity contribution in [3.05, 3.63) is 83.2 Å². The summed E-state index contributed by atoms with van der Waals surface area (Å²) in [5, 5.41) is 5.55. The number of aromatic nitrogens is 2. The van der Waals surface area contributed by atoms with Gasteiger partial charge in [0, 0.05) is 23.5 Å². The van der Waals surface area contributed by atoms with Gasteiger partial charge < -0.3 is 5.32 Å². The van der Waals surface area contributed by atoms with Gasteiger partial charge in [-0.25, -0.2) is 0 Å². The van der Waals surface area contributed by atoms with Crippen LogP contribution >= 0.6 is 0 Å². The fourth-order valence-corrected chi connectivity index (χ4v) is 3.40. The second-order valence-corrected chi connectivity index (χ2v) is 6.90. The van der Waals surface area contributed by atoms with Gasteiger partial charge in [-0.1, -0.05) is 36.4 Å². The highest BCUT2D eigenvalue weighted by atomic mass is 14.8. The Morgan fingerprint density at radius 2 is 1.46 bits per heavy atom. The maximum Gasteiger partial charge on any atom is 0.0891 e. The Morgan fingerprint density at radius 1 is 0.731 bits per heavy atom. The maximum absolute atomic E-state index is 4.63. The number of pyridine rings is 2. The molecule has 0 bridgehead atoms. The second-order valence-electron chi connectivity index (χ2n) is 6.90. The van der Waals surface area contributed by atoms with Crippen LogP contribution in [0.15, 0.2) is 60.9 Å². The van der Waals surface area contributed by atoms with Crippen molar-refractivity contribution in [1.82, 2.24) is 15.3 Å². The molecule has 0 spiro atoms. The van der Waals surface area contributed by atoms with Crippen LogP contribution in [-0.4, -0.2) is 17.0 Å². The van der Waals surface area contributed by atoms with Gasteiger partial charge in [-0.15, -0.1) is 0 Å². The van der Waals surface area contributed by atoms with E-state index in [1.54, 1.807) is 0 Å². The predicted molar refractivity (Wildman–Crippen MR) is 108 cm³/mol. The molecular weight excluding hydrogens is 318 g/mol. The van der Waals surface area contributed by atoms with Crippen molar-refractivity contribution < 1.29 is 0 Å². The molecule has 1 N–H and O–H groups in total. The normalized spacial score (nSPS) is 11.3. The van der Waals surface area contributed by atoms with Crippen LogP contribution in [0.25, 0.3) is 21.8 Å². The Hall–Kier alpha value is -2.78. The van der Waals surface area contributed by atoms with Gasteiger partial charge in [0.25, 0.3) is 0 Å². The molecule has 3 nitrogen and oxygen atoms in total. The first-order valence-corrected chi connectivity index (χ1v) is 9.09. The van der Waals surface area contributed by atoms with Crippen LogP contribution in [0.2, 0.25) is 0 Å². The van der Waals surface area contributed by atoms with Gasteiger partial charge in [0.05, 0.1) is 17.2 Å². The molecule has 26 heavy (non-hydrogen) atoms. The lowest BCUT2D eigenvalue weighted by molar-refractivity contribution is 0.816. The molecule has 0 aliphatic heterocycles. The summed E-state index contributed by atoms with van der Waals surface area (Å²) in [6.45, 7) is 3.01. The van der Waals surface area contributed by atoms with Crippen molar-refractivity contribution in [3.63, 3.8) is 0 Å². The Labute approximate surface area is 154 Å². The Bertz CT molecular complexity index is 1050. The fraction of sp³-hybridized carbons (Fsp3) is 0.217. The van der Waals surface area contributed by atoms with E-state index in [9.17, 15) is 0 Å². The molecule has 0 aliphatic carbocycles. The monoisotopic (exact) mass is 341 g/mol. The minimum Gasteiger partial charge on any atom is -0.316 e. The van der Waals surface area contributed by atoms with Crippen molar-refractivity contribution >= 4 is 21.8 Å². The van der Waals surface area contributed by atoms with E-state index in [4.69, 9.17) is 0 Å². The van der Waals surface area contributed by atoms with Crippen LogP contribution in [0.1, 0.15) is 22.3 Å². The zero-order valence-corrected chi connectivity index (χ0v) is 15.3. The molecule has 0 radical (unpaired) electrons. The summed E-state index contributed by atoms with van der Waals surface area (Å²) in [5.74, 6) is 0. The Kier molecular flexibility index (Phi) is 4.63. The Balaban J connectivity index is 1.59. The number of nitrogens with one attached hydrogen (secondary N) is 1. The molecule has 130 valence electrons. The number of benzene rings is 2. The van der Waals surface area contributed by atoms with E-state index in [0.29, 0.717) is 0 Å². The minimum atomic E-state index is 0.912. The lowest BCUT2D eigenvalue weighted by atomic mass is 10.0. The van der Waals surface area contributed by atoms with E-state index in [1.807, 2.05) is 19.4 Å². The first kappa shape index (κ1) is 16.7. The number of nitrogens with zero attached hydrogens (tertiary/aromatic N) is 2. The highest BCUT2D eigenvalue weighted by Crippen LogP contribution is 2.24. The Morgan fingerprint density at radius 3 is 2.27 bits per heavy atom. The summed E-state index contributed by atoms with van der Waals surface area (Å²) in [5.41, 5.74) is 7.18. The van der Waals surface area contributed by atoms with Gasteiger partial charge in [-0.2, -0.15) is 0 Å². The smallest absolute Gasteiger partial charge is 0.0891 e. The third-order valence-electron chi connectivity index (χ3n) is 4.85. The van der Waals surface area contributed by atoms with E-state index in [1.165, 1.54) is 33.0 Å². The molecule has 0 amide bonds. The standard InChI is InChI=1S/C23H23N3/c1-16-3-10-20-21-12-19(14-25-23(21)15-26-22(20)11-16)9-6-17-4-7-18(8-5-17)13-24-2/h3-5,7-8,10-12,14-15,24H,6,9,13H2,1-2H3. The molecule has 0 atom stereocenters. The predicted octanol–water partition coefficient (Wildman–Crippen LogP) is 4.60. The van der Waals surface area contributed by atoms with Gasteiger partial charge in [0.2, 0.25) is 0 Å². The fourth-order valence-electron chi connectivity index (χ4n) is 3.40. The van der Waals surface area contributed by atoms with Crippen molar-refractivity contribution in [1.29, 1.82) is 0 Å². The van der Waals surface area contributed by atoms with Crippen molar-refractivity contribution in [2.24, 2.45) is 0 Å². The maximum atomic E-state index is 4.63. The highest BCUT2D eigenvalue weighted by Gasteiger charge is 2.05. The number of rotatable bonds is 5. The molecule has 0 saturated heterocycles. The van der Waals surface area contributed by atoms with Crippen LogP contribution in [-0.2, 0) is 19.4 Å². The van der Waals surface area contributed by atoms with Gasteiger partial charge in [-0.05, 0) is 61.2 Å². The first-order chi connectivity index (χ1) is 12.7. The third kappa shape index (κ3) is 3.44. The van der Waals surface area contributed by atoms with E-state index in [-0.39, 0.29) is 0 Å². The molecule has 0 unspecified atom stereocenters. The zero-order chi connectivity index (χ0) is 17.9. The van der Waals surface area contributed by atoms with Gasteiger partial charge in [-0.3, -0.25) is 9.97 Å². The quantitative estimate of drug-likeness (QED) is 0.539. The topological polar surface area (TPSA) is 37.8 Å². The number of hydrogen-bond acceptors (Lipinski definition) is 3. The molecular formula is C23H23N3. The highest BCUT2D eigenvalue weighted by molar-refractivity contribution is 6.04. The summed E-state index contributed by atoms with van der Waals surface area (Å²) >= 11 is 0. The minimum absolute atomic E-state index is 0.912. The first-order valence-electron chi connectivity index (χ1n) is 9.09. The van der Waals surface area contributed by atoms with Gasteiger partial charge in [0.15, 0.2) is 0 Å². The van der Waals surface area contributed by atoms with Gasteiger partial charge in [0.1, 0.15) is 0 Å². The number of fused-ring (bicyclic) bond motifs is 3. The lowest BCUT2D eigenvalue weighted by Crippen LogP contribution is -2.04. The van der Waals surface area contributed by atoms with E-state index in [2.05, 4.69) is 70.7 Å². The van der Waals surface area contributed by atoms with Crippen molar-refractivity contribution in [3.8, 4) is 0 Å². The summed E-state index contributed by atoms with van der Waals surface area (Å²) in [6, 6.07) is 17.6. The lowest BCUT2D eigenvalue weighted by Gasteiger charge is -2.07. The molecule has 2 aromatic heterocycles. The third-order valence-corrected chi connectivity index (χ3v) is 4.85. The van der Waals surface area contributed by atoms with Crippen LogP contribution in [0.5, 0.6) is 0 Å². The van der Waals surface area contributed by atoms with Gasteiger partial charge >= 0.3 is 0 Å². The molecule has 4 rings (SSSR count). The summed E-state index contributed by atoms with van der Waals surface area (Å²) in [7, 11) is 1.97. The van der Waals surface area contributed by atoms with Crippen molar-refractivity contribution in [2.45, 2.75) is 26.3 Å². The largest absolute Gasteiger partial charge is 0.316 e. The molecule has 2 aromatic carbocycles. The van der Waals surface area contributed by atoms with Crippen LogP contribution in [0, 0.1) is 6.92 Å². The van der Waals surface area contributed by atoms with Crippen LogP contribution < -0.4 is 5.32 Å². The van der Waals surface area contributed by atoms with Crippen LogP contribution in [0.3, 0.4) is 0 Å². The van der Waals surface area contributed by atoms with Crippen molar-refractivity contribution in [2.75, 3.05) is 7.05 Å². The van der Waals surface area contributed by atoms with E-state index < -0.39 is 0 Å². The number of hydrogen-bond donors (Lipinski definition) is 1. The van der Waals surface area contributed by atoms with E-state index >= 15 is 0 Å². The van der Waals surface area contributed by atoms with Crippen LogP contribution in [0.4, 0.5) is 0 Å². The number of aryl methyl sites for hydroxylation is 3. The zero-order valence-electron chi connectivity index (χ0n) is 15.3. The average Bonchev–Trinajstić information content (AvgIpc) is 2.67. The van der Waals surface area contributed by atoms with E-state index in [0.717, 1.165) is 30.4 Å². The SMILES string of the molecule is CNCc1ccc(CCc2cnc3cnc4cc(C)ccc4c3c2)cc1. The molecule has 0 saturated carbocycles.